The van der Waals surface area contributed by atoms with E-state index in [0.29, 0.717) is 23.9 Å². The first-order valence-electron chi connectivity index (χ1n) is 7.38. The van der Waals surface area contributed by atoms with Crippen LogP contribution in [-0.4, -0.2) is 53.6 Å². The summed E-state index contributed by atoms with van der Waals surface area (Å²) in [6, 6.07) is 0.358. The molecule has 0 radical (unpaired) electrons. The van der Waals surface area contributed by atoms with Crippen LogP contribution in [0.5, 0.6) is 0 Å². The maximum Gasteiger partial charge on any atom is 0.239 e. The summed E-state index contributed by atoms with van der Waals surface area (Å²) in [4.78, 5) is 26.6. The third-order valence-electron chi connectivity index (χ3n) is 3.24. The molecule has 0 atom stereocenters. The predicted octanol–water partition coefficient (Wildman–Crippen LogP) is 0.450. The van der Waals surface area contributed by atoms with Gasteiger partial charge in [0.1, 0.15) is 0 Å². The van der Waals surface area contributed by atoms with Crippen molar-refractivity contribution in [2.75, 3.05) is 42.2 Å². The van der Waals surface area contributed by atoms with Gasteiger partial charge in [0.2, 0.25) is 23.8 Å². The number of anilines is 3. The molecule has 1 aliphatic carbocycles. The number of carbonyl (C=O) groups is 1. The van der Waals surface area contributed by atoms with E-state index in [2.05, 4.69) is 30.9 Å². The summed E-state index contributed by atoms with van der Waals surface area (Å²) < 4.78 is 0. The van der Waals surface area contributed by atoms with E-state index >= 15 is 0 Å². The number of hydrogen-bond donors (Lipinski definition) is 3. The Morgan fingerprint density at radius 3 is 2.43 bits per heavy atom. The molecule has 1 aromatic heterocycles. The number of carbonyl (C=O) groups excluding carboxylic acids is 1. The molecule has 1 saturated carbocycles. The van der Waals surface area contributed by atoms with Crippen molar-refractivity contribution in [3.8, 4) is 0 Å². The van der Waals surface area contributed by atoms with Gasteiger partial charge < -0.3 is 20.9 Å². The Hall–Kier alpha value is -2.12. The van der Waals surface area contributed by atoms with Crippen molar-refractivity contribution in [1.29, 1.82) is 0 Å². The minimum absolute atomic E-state index is 0.0340. The lowest BCUT2D eigenvalue weighted by Gasteiger charge is -2.19. The Balaban J connectivity index is 2.02. The third kappa shape index (κ3) is 4.44. The van der Waals surface area contributed by atoms with E-state index in [1.54, 1.807) is 7.05 Å². The van der Waals surface area contributed by atoms with Gasteiger partial charge in [0.05, 0.1) is 6.54 Å². The zero-order valence-corrected chi connectivity index (χ0v) is 12.8. The average molecular weight is 293 g/mol. The molecular formula is C13H23N7O. The fraction of sp³-hybridized carbons (Fsp3) is 0.692. The molecule has 8 nitrogen and oxygen atoms in total. The maximum absolute atomic E-state index is 11.7. The molecule has 2 rings (SSSR count). The van der Waals surface area contributed by atoms with E-state index in [4.69, 9.17) is 0 Å². The van der Waals surface area contributed by atoms with Gasteiger partial charge in [0.15, 0.2) is 0 Å². The molecule has 0 saturated heterocycles. The van der Waals surface area contributed by atoms with Gasteiger partial charge in [-0.1, -0.05) is 0 Å². The van der Waals surface area contributed by atoms with E-state index in [-0.39, 0.29) is 12.5 Å². The molecule has 1 aliphatic rings. The number of rotatable bonds is 8. The summed E-state index contributed by atoms with van der Waals surface area (Å²) in [5, 5.41) is 8.78. The molecule has 116 valence electrons. The van der Waals surface area contributed by atoms with Gasteiger partial charge in [-0.15, -0.1) is 0 Å². The molecule has 8 heteroatoms. The second-order valence-electron chi connectivity index (χ2n) is 4.90. The highest BCUT2D eigenvalue weighted by Gasteiger charge is 2.23. The van der Waals surface area contributed by atoms with Crippen LogP contribution in [0.25, 0.3) is 0 Å². The van der Waals surface area contributed by atoms with Crippen molar-refractivity contribution in [2.45, 2.75) is 32.7 Å². The van der Waals surface area contributed by atoms with Crippen LogP contribution in [0.3, 0.4) is 0 Å². The van der Waals surface area contributed by atoms with Crippen LogP contribution in [0.1, 0.15) is 26.7 Å². The molecule has 1 heterocycles. The fourth-order valence-electron chi connectivity index (χ4n) is 1.87. The Bertz CT molecular complexity index is 485. The smallest absolute Gasteiger partial charge is 0.239 e. The second kappa shape index (κ2) is 7.05. The van der Waals surface area contributed by atoms with E-state index in [0.717, 1.165) is 25.9 Å². The lowest BCUT2D eigenvalue weighted by atomic mass is 10.5. The van der Waals surface area contributed by atoms with Crippen molar-refractivity contribution in [3.63, 3.8) is 0 Å². The van der Waals surface area contributed by atoms with Crippen LogP contribution in [-0.2, 0) is 4.79 Å². The van der Waals surface area contributed by atoms with Crippen LogP contribution < -0.4 is 20.9 Å². The third-order valence-corrected chi connectivity index (χ3v) is 3.24. The Morgan fingerprint density at radius 2 is 1.86 bits per heavy atom. The van der Waals surface area contributed by atoms with E-state index in [9.17, 15) is 4.79 Å². The quantitative estimate of drug-likeness (QED) is 0.640. The Morgan fingerprint density at radius 1 is 1.19 bits per heavy atom. The SMILES string of the molecule is CCN(CC)c1nc(NC)nc(NCC(=O)NC2CC2)n1. The molecule has 0 spiro atoms. The van der Waals surface area contributed by atoms with Crippen LogP contribution in [0.4, 0.5) is 17.8 Å². The van der Waals surface area contributed by atoms with Crippen molar-refractivity contribution in [3.05, 3.63) is 0 Å². The monoisotopic (exact) mass is 293 g/mol. The summed E-state index contributed by atoms with van der Waals surface area (Å²) in [5.41, 5.74) is 0. The van der Waals surface area contributed by atoms with Crippen molar-refractivity contribution in [1.82, 2.24) is 20.3 Å². The number of nitrogens with one attached hydrogen (secondary N) is 3. The number of aromatic nitrogens is 3. The Labute approximate surface area is 124 Å². The molecule has 21 heavy (non-hydrogen) atoms. The summed E-state index contributed by atoms with van der Waals surface area (Å²) >= 11 is 0. The van der Waals surface area contributed by atoms with E-state index < -0.39 is 0 Å². The highest BCUT2D eigenvalue weighted by atomic mass is 16.2. The lowest BCUT2D eigenvalue weighted by Crippen LogP contribution is -2.32. The lowest BCUT2D eigenvalue weighted by molar-refractivity contribution is -0.119. The molecule has 0 aliphatic heterocycles. The number of amides is 1. The first kappa shape index (κ1) is 15.3. The minimum atomic E-state index is -0.0340. The minimum Gasteiger partial charge on any atom is -0.357 e. The molecular weight excluding hydrogens is 270 g/mol. The maximum atomic E-state index is 11.7. The van der Waals surface area contributed by atoms with Crippen LogP contribution in [0, 0.1) is 0 Å². The molecule has 3 N–H and O–H groups in total. The summed E-state index contributed by atoms with van der Waals surface area (Å²) in [7, 11) is 1.75. The first-order chi connectivity index (χ1) is 10.2. The number of hydrogen-bond acceptors (Lipinski definition) is 7. The molecule has 0 unspecified atom stereocenters. The molecule has 0 bridgehead atoms. The molecule has 1 amide bonds. The van der Waals surface area contributed by atoms with Crippen LogP contribution in [0.2, 0.25) is 0 Å². The van der Waals surface area contributed by atoms with Gasteiger partial charge in [0, 0.05) is 26.2 Å². The van der Waals surface area contributed by atoms with Gasteiger partial charge in [0.25, 0.3) is 0 Å². The van der Waals surface area contributed by atoms with E-state index in [1.165, 1.54) is 0 Å². The van der Waals surface area contributed by atoms with Gasteiger partial charge in [-0.05, 0) is 26.7 Å². The summed E-state index contributed by atoms with van der Waals surface area (Å²) in [6.07, 6.45) is 2.15. The molecule has 1 aromatic rings. The second-order valence-corrected chi connectivity index (χ2v) is 4.90. The van der Waals surface area contributed by atoms with Crippen molar-refractivity contribution in [2.24, 2.45) is 0 Å². The highest BCUT2D eigenvalue weighted by Crippen LogP contribution is 2.18. The van der Waals surface area contributed by atoms with Crippen LogP contribution in [0.15, 0.2) is 0 Å². The van der Waals surface area contributed by atoms with Gasteiger partial charge >= 0.3 is 0 Å². The fourth-order valence-corrected chi connectivity index (χ4v) is 1.87. The normalized spacial score (nSPS) is 13.7. The van der Waals surface area contributed by atoms with Crippen molar-refractivity contribution >= 4 is 23.8 Å². The van der Waals surface area contributed by atoms with E-state index in [1.807, 2.05) is 18.7 Å². The summed E-state index contributed by atoms with van der Waals surface area (Å²) in [6.45, 7) is 5.88. The van der Waals surface area contributed by atoms with Crippen molar-refractivity contribution < 1.29 is 4.79 Å². The zero-order valence-electron chi connectivity index (χ0n) is 12.8. The molecule has 1 fully saturated rings. The highest BCUT2D eigenvalue weighted by molar-refractivity contribution is 5.80. The Kier molecular flexibility index (Phi) is 5.13. The first-order valence-corrected chi connectivity index (χ1v) is 7.38. The van der Waals surface area contributed by atoms with Gasteiger partial charge in [-0.2, -0.15) is 15.0 Å². The number of nitrogens with zero attached hydrogens (tertiary/aromatic N) is 4. The average Bonchev–Trinajstić information content (AvgIpc) is 3.30. The zero-order chi connectivity index (χ0) is 15.2. The largest absolute Gasteiger partial charge is 0.357 e. The van der Waals surface area contributed by atoms with Gasteiger partial charge in [-0.3, -0.25) is 4.79 Å². The molecule has 0 aromatic carbocycles. The predicted molar refractivity (Wildman–Crippen MR) is 82.6 cm³/mol. The standard InChI is InChI=1S/C13H23N7O/c1-4-20(5-2)13-18-11(14-3)17-12(19-13)15-8-10(21)16-9-6-7-9/h9H,4-8H2,1-3H3,(H,16,21)(H2,14,15,17,18,19). The van der Waals surface area contributed by atoms with Crippen LogP contribution >= 0.6 is 0 Å². The van der Waals surface area contributed by atoms with Gasteiger partial charge in [-0.25, -0.2) is 0 Å². The topological polar surface area (TPSA) is 95.1 Å². The summed E-state index contributed by atoms with van der Waals surface area (Å²) in [5.74, 6) is 1.46.